The van der Waals surface area contributed by atoms with Crippen LogP contribution in [0.5, 0.6) is 0 Å². The maximum absolute atomic E-state index is 13.4. The van der Waals surface area contributed by atoms with Gasteiger partial charge in [-0.1, -0.05) is 32.0 Å². The van der Waals surface area contributed by atoms with Crippen LogP contribution >= 0.6 is 0 Å². The molecule has 88 valence electrons. The number of carbonyl (C=O) groups is 1. The van der Waals surface area contributed by atoms with Crippen molar-refractivity contribution in [3.63, 3.8) is 0 Å². The minimum atomic E-state index is -0.290. The van der Waals surface area contributed by atoms with Gasteiger partial charge in [0.25, 0.3) is 0 Å². The van der Waals surface area contributed by atoms with Gasteiger partial charge >= 0.3 is 5.97 Å². The molecule has 1 unspecified atom stereocenters. The maximum Gasteiger partial charge on any atom is 0.309 e. The number of methoxy groups -OCH3 is 1. The third-order valence-electron chi connectivity index (χ3n) is 2.71. The second-order valence-electron chi connectivity index (χ2n) is 4.17. The van der Waals surface area contributed by atoms with Gasteiger partial charge < -0.3 is 4.74 Å². The first-order chi connectivity index (χ1) is 7.56. The maximum atomic E-state index is 13.4. The number of ether oxygens (including phenoxy) is 1. The number of hydrogen-bond donors (Lipinski definition) is 0. The molecule has 1 rings (SSSR count). The van der Waals surface area contributed by atoms with Gasteiger partial charge in [-0.2, -0.15) is 0 Å². The molecule has 0 radical (unpaired) electrons. The normalized spacial score (nSPS) is 12.6. The summed E-state index contributed by atoms with van der Waals surface area (Å²) >= 11 is 0. The van der Waals surface area contributed by atoms with Crippen molar-refractivity contribution >= 4 is 5.97 Å². The molecule has 0 spiro atoms. The van der Waals surface area contributed by atoms with E-state index >= 15 is 0 Å². The topological polar surface area (TPSA) is 26.3 Å². The van der Waals surface area contributed by atoms with Crippen molar-refractivity contribution in [2.45, 2.75) is 20.3 Å². The molecule has 0 saturated heterocycles. The smallest absolute Gasteiger partial charge is 0.309 e. The Morgan fingerprint density at radius 2 is 2.00 bits per heavy atom. The lowest BCUT2D eigenvalue weighted by molar-refractivity contribution is -0.146. The highest BCUT2D eigenvalue weighted by Gasteiger charge is 2.24. The van der Waals surface area contributed by atoms with Crippen LogP contribution in [0, 0.1) is 17.7 Å². The molecular weight excluding hydrogens is 207 g/mol. The van der Waals surface area contributed by atoms with E-state index in [0.29, 0.717) is 12.0 Å². The van der Waals surface area contributed by atoms with Gasteiger partial charge in [0.05, 0.1) is 13.0 Å². The first-order valence-electron chi connectivity index (χ1n) is 5.37. The molecule has 2 nitrogen and oxygen atoms in total. The summed E-state index contributed by atoms with van der Waals surface area (Å²) in [6, 6.07) is 6.52. The van der Waals surface area contributed by atoms with Crippen LogP contribution in [0.25, 0.3) is 0 Å². The Morgan fingerprint density at radius 1 is 1.38 bits per heavy atom. The van der Waals surface area contributed by atoms with E-state index < -0.39 is 0 Å². The quantitative estimate of drug-likeness (QED) is 0.735. The zero-order chi connectivity index (χ0) is 12.1. The number of rotatable bonds is 4. The van der Waals surface area contributed by atoms with E-state index in [9.17, 15) is 9.18 Å². The first kappa shape index (κ1) is 12.7. The van der Waals surface area contributed by atoms with E-state index in [1.165, 1.54) is 13.2 Å². The Bertz CT molecular complexity index is 361. The van der Waals surface area contributed by atoms with E-state index in [4.69, 9.17) is 4.74 Å². The van der Waals surface area contributed by atoms with Crippen LogP contribution in [0.1, 0.15) is 19.4 Å². The van der Waals surface area contributed by atoms with Crippen molar-refractivity contribution in [3.05, 3.63) is 35.6 Å². The highest BCUT2D eigenvalue weighted by Crippen LogP contribution is 2.20. The Morgan fingerprint density at radius 3 is 2.50 bits per heavy atom. The van der Waals surface area contributed by atoms with Crippen LogP contribution in [-0.2, 0) is 16.0 Å². The van der Waals surface area contributed by atoms with Crippen LogP contribution in [0.3, 0.4) is 0 Å². The number of halogens is 1. The third kappa shape index (κ3) is 3.05. The fourth-order valence-electron chi connectivity index (χ4n) is 1.64. The summed E-state index contributed by atoms with van der Waals surface area (Å²) in [5.41, 5.74) is 0.562. The van der Waals surface area contributed by atoms with Crippen molar-refractivity contribution in [1.29, 1.82) is 0 Å². The van der Waals surface area contributed by atoms with Crippen molar-refractivity contribution in [3.8, 4) is 0 Å². The van der Waals surface area contributed by atoms with Gasteiger partial charge in [-0.3, -0.25) is 4.79 Å². The predicted octanol–water partition coefficient (Wildman–Crippen LogP) is 2.81. The summed E-state index contributed by atoms with van der Waals surface area (Å²) in [5, 5.41) is 0. The largest absolute Gasteiger partial charge is 0.469 e. The predicted molar refractivity (Wildman–Crippen MR) is 60.4 cm³/mol. The molecule has 0 saturated carbocycles. The Kier molecular flexibility index (Phi) is 4.47. The van der Waals surface area contributed by atoms with E-state index in [1.807, 2.05) is 13.8 Å². The van der Waals surface area contributed by atoms with Crippen LogP contribution < -0.4 is 0 Å². The Hall–Kier alpha value is -1.38. The molecule has 1 aromatic rings. The molecule has 16 heavy (non-hydrogen) atoms. The molecule has 0 aliphatic carbocycles. The fourth-order valence-corrected chi connectivity index (χ4v) is 1.64. The van der Waals surface area contributed by atoms with Crippen molar-refractivity contribution < 1.29 is 13.9 Å². The average molecular weight is 224 g/mol. The molecule has 0 aromatic heterocycles. The van der Waals surface area contributed by atoms with Crippen LogP contribution in [0.4, 0.5) is 4.39 Å². The lowest BCUT2D eigenvalue weighted by Gasteiger charge is -2.18. The number of benzene rings is 1. The number of esters is 1. The minimum absolute atomic E-state index is 0.132. The van der Waals surface area contributed by atoms with E-state index in [2.05, 4.69) is 0 Å². The molecular formula is C13H17FO2. The summed E-state index contributed by atoms with van der Waals surface area (Å²) in [5.74, 6) is -0.704. The summed E-state index contributed by atoms with van der Waals surface area (Å²) in [6.45, 7) is 3.87. The molecule has 0 N–H and O–H groups in total. The van der Waals surface area contributed by atoms with Crippen molar-refractivity contribution in [1.82, 2.24) is 0 Å². The van der Waals surface area contributed by atoms with Gasteiger partial charge in [0.1, 0.15) is 5.82 Å². The number of hydrogen-bond acceptors (Lipinski definition) is 2. The first-order valence-corrected chi connectivity index (χ1v) is 5.37. The van der Waals surface area contributed by atoms with E-state index in [1.54, 1.807) is 18.2 Å². The van der Waals surface area contributed by atoms with Crippen molar-refractivity contribution in [2.24, 2.45) is 11.8 Å². The molecule has 1 aromatic carbocycles. The molecule has 0 bridgehead atoms. The molecule has 1 atom stereocenters. The second-order valence-corrected chi connectivity index (χ2v) is 4.17. The lowest BCUT2D eigenvalue weighted by Crippen LogP contribution is -2.24. The molecule has 3 heteroatoms. The average Bonchev–Trinajstić information content (AvgIpc) is 2.26. The summed E-state index contributed by atoms with van der Waals surface area (Å²) < 4.78 is 18.2. The molecule has 0 aliphatic rings. The standard InChI is InChI=1S/C13H17FO2/c1-9(2)11(13(15)16-3)8-10-6-4-5-7-12(10)14/h4-7,9,11H,8H2,1-3H3. The molecule has 0 aliphatic heterocycles. The SMILES string of the molecule is COC(=O)C(Cc1ccccc1F)C(C)C. The third-order valence-corrected chi connectivity index (χ3v) is 2.71. The van der Waals surface area contributed by atoms with E-state index in [-0.39, 0.29) is 23.6 Å². The van der Waals surface area contributed by atoms with Gasteiger partial charge in [0.15, 0.2) is 0 Å². The Labute approximate surface area is 95.4 Å². The van der Waals surface area contributed by atoms with Crippen LogP contribution in [0.2, 0.25) is 0 Å². The highest BCUT2D eigenvalue weighted by atomic mass is 19.1. The van der Waals surface area contributed by atoms with Crippen LogP contribution in [0.15, 0.2) is 24.3 Å². The van der Waals surface area contributed by atoms with Gasteiger partial charge in [0.2, 0.25) is 0 Å². The minimum Gasteiger partial charge on any atom is -0.469 e. The second kappa shape index (κ2) is 5.64. The molecule has 0 heterocycles. The van der Waals surface area contributed by atoms with Gasteiger partial charge in [0, 0.05) is 0 Å². The van der Waals surface area contributed by atoms with Crippen molar-refractivity contribution in [2.75, 3.05) is 7.11 Å². The Balaban J connectivity index is 2.84. The summed E-state index contributed by atoms with van der Waals surface area (Å²) in [6.07, 6.45) is 0.386. The summed E-state index contributed by atoms with van der Waals surface area (Å²) in [4.78, 5) is 11.5. The van der Waals surface area contributed by atoms with Gasteiger partial charge in [-0.25, -0.2) is 4.39 Å². The van der Waals surface area contributed by atoms with Gasteiger partial charge in [-0.15, -0.1) is 0 Å². The van der Waals surface area contributed by atoms with E-state index in [0.717, 1.165) is 0 Å². The lowest BCUT2D eigenvalue weighted by atomic mass is 9.89. The fraction of sp³-hybridized carbons (Fsp3) is 0.462. The zero-order valence-electron chi connectivity index (χ0n) is 9.87. The highest BCUT2D eigenvalue weighted by molar-refractivity contribution is 5.72. The zero-order valence-corrected chi connectivity index (χ0v) is 9.87. The molecule has 0 fully saturated rings. The monoisotopic (exact) mass is 224 g/mol. The number of carbonyl (C=O) groups excluding carboxylic acids is 1. The van der Waals surface area contributed by atoms with Gasteiger partial charge in [-0.05, 0) is 24.0 Å². The summed E-state index contributed by atoms with van der Waals surface area (Å²) in [7, 11) is 1.36. The van der Waals surface area contributed by atoms with Crippen LogP contribution in [-0.4, -0.2) is 13.1 Å². The molecule has 0 amide bonds.